The number of alkyl halides is 3. The lowest BCUT2D eigenvalue weighted by Gasteiger charge is -2.24. The van der Waals surface area contributed by atoms with E-state index in [0.717, 1.165) is 37.3 Å². The number of carbonyl (C=O) groups excluding carboxylic acids is 2. The van der Waals surface area contributed by atoms with E-state index in [1.54, 1.807) is 29.2 Å². The summed E-state index contributed by atoms with van der Waals surface area (Å²) in [4.78, 5) is 26.4. The first-order valence-corrected chi connectivity index (χ1v) is 9.95. The largest absolute Gasteiger partial charge is 0.418 e. The zero-order valence-corrected chi connectivity index (χ0v) is 16.2. The minimum absolute atomic E-state index is 0.000825. The summed E-state index contributed by atoms with van der Waals surface area (Å²) in [5.74, 6) is -0.121. The van der Waals surface area contributed by atoms with Crippen LogP contribution < -0.4 is 10.6 Å². The zero-order chi connectivity index (χ0) is 21.3. The molecule has 0 spiro atoms. The van der Waals surface area contributed by atoms with E-state index >= 15 is 0 Å². The minimum Gasteiger partial charge on any atom is -0.349 e. The van der Waals surface area contributed by atoms with Crippen LogP contribution in [0.25, 0.3) is 0 Å². The van der Waals surface area contributed by atoms with Gasteiger partial charge in [-0.15, -0.1) is 0 Å². The van der Waals surface area contributed by atoms with Crippen LogP contribution in [0, 0.1) is 0 Å². The molecule has 2 N–H and O–H groups in total. The number of nitrogens with one attached hydrogen (secondary N) is 2. The normalized spacial score (nSPS) is 16.1. The molecule has 30 heavy (non-hydrogen) atoms. The van der Waals surface area contributed by atoms with Gasteiger partial charge in [-0.1, -0.05) is 24.3 Å². The van der Waals surface area contributed by atoms with Crippen molar-refractivity contribution < 1.29 is 22.8 Å². The molecule has 4 rings (SSSR count). The summed E-state index contributed by atoms with van der Waals surface area (Å²) in [6.45, 7) is 0.259. The standard InChI is InChI=1S/C22H22F3N3O2/c23-22(24,25)18-3-1-2-4-19(18)27-21(30)28(17-11-12-17)13-14-5-7-15(8-6-14)20(29)26-16-9-10-16/h1-8,16-17H,9-13H2,(H,26,29)(H,27,30). The fourth-order valence-electron chi connectivity index (χ4n) is 3.23. The monoisotopic (exact) mass is 417 g/mol. The highest BCUT2D eigenvalue weighted by Gasteiger charge is 2.36. The van der Waals surface area contributed by atoms with Gasteiger partial charge >= 0.3 is 12.2 Å². The Morgan fingerprint density at radius 3 is 2.23 bits per heavy atom. The average Bonchev–Trinajstić information content (AvgIpc) is 3.61. The summed E-state index contributed by atoms with van der Waals surface area (Å²) in [6.07, 6.45) is -0.906. The molecule has 8 heteroatoms. The van der Waals surface area contributed by atoms with Gasteiger partial charge in [-0.3, -0.25) is 4.79 Å². The van der Waals surface area contributed by atoms with Crippen LogP contribution in [0.5, 0.6) is 0 Å². The summed E-state index contributed by atoms with van der Waals surface area (Å²) >= 11 is 0. The molecule has 2 aliphatic carbocycles. The molecule has 0 atom stereocenters. The maximum atomic E-state index is 13.2. The Morgan fingerprint density at radius 2 is 1.63 bits per heavy atom. The highest BCUT2D eigenvalue weighted by Crippen LogP contribution is 2.35. The quantitative estimate of drug-likeness (QED) is 0.710. The first-order chi connectivity index (χ1) is 14.3. The Labute approximate surface area is 172 Å². The van der Waals surface area contributed by atoms with Gasteiger partial charge in [-0.2, -0.15) is 13.2 Å². The highest BCUT2D eigenvalue weighted by molar-refractivity contribution is 5.94. The van der Waals surface area contributed by atoms with Gasteiger partial charge in [0.15, 0.2) is 0 Å². The number of hydrogen-bond acceptors (Lipinski definition) is 2. The van der Waals surface area contributed by atoms with Crippen molar-refractivity contribution in [2.24, 2.45) is 0 Å². The Balaban J connectivity index is 1.44. The van der Waals surface area contributed by atoms with Gasteiger partial charge < -0.3 is 15.5 Å². The summed E-state index contributed by atoms with van der Waals surface area (Å²) in [5, 5.41) is 5.34. The average molecular weight is 417 g/mol. The van der Waals surface area contributed by atoms with E-state index < -0.39 is 17.8 Å². The first-order valence-electron chi connectivity index (χ1n) is 9.95. The number of para-hydroxylation sites is 1. The summed E-state index contributed by atoms with van der Waals surface area (Å²) in [6, 6.07) is 11.6. The van der Waals surface area contributed by atoms with E-state index in [2.05, 4.69) is 10.6 Å². The molecule has 0 aliphatic heterocycles. The number of halogens is 3. The van der Waals surface area contributed by atoms with E-state index in [1.165, 1.54) is 18.2 Å². The van der Waals surface area contributed by atoms with Gasteiger partial charge in [0, 0.05) is 24.2 Å². The van der Waals surface area contributed by atoms with Crippen LogP contribution in [-0.4, -0.2) is 28.9 Å². The molecule has 0 unspecified atom stereocenters. The fraction of sp³-hybridized carbons (Fsp3) is 0.364. The van der Waals surface area contributed by atoms with Crippen LogP contribution in [0.2, 0.25) is 0 Å². The van der Waals surface area contributed by atoms with Crippen molar-refractivity contribution in [1.29, 1.82) is 0 Å². The molecule has 2 saturated carbocycles. The molecule has 2 fully saturated rings. The van der Waals surface area contributed by atoms with Gasteiger partial charge in [-0.25, -0.2) is 4.79 Å². The lowest BCUT2D eigenvalue weighted by atomic mass is 10.1. The summed E-state index contributed by atoms with van der Waals surface area (Å²) in [7, 11) is 0. The number of carbonyl (C=O) groups is 2. The molecule has 0 radical (unpaired) electrons. The number of anilines is 1. The lowest BCUT2D eigenvalue weighted by Crippen LogP contribution is -2.36. The first kappa shape index (κ1) is 20.3. The molecule has 5 nitrogen and oxygen atoms in total. The number of amides is 3. The fourth-order valence-corrected chi connectivity index (χ4v) is 3.23. The van der Waals surface area contributed by atoms with E-state index in [4.69, 9.17) is 0 Å². The third-order valence-electron chi connectivity index (χ3n) is 5.20. The predicted molar refractivity (Wildman–Crippen MR) is 106 cm³/mol. The van der Waals surface area contributed by atoms with Crippen LogP contribution in [-0.2, 0) is 12.7 Å². The van der Waals surface area contributed by atoms with Crippen molar-refractivity contribution in [2.45, 2.75) is 50.5 Å². The zero-order valence-electron chi connectivity index (χ0n) is 16.2. The van der Waals surface area contributed by atoms with Crippen LogP contribution >= 0.6 is 0 Å². The summed E-state index contributed by atoms with van der Waals surface area (Å²) in [5.41, 5.74) is 0.226. The maximum Gasteiger partial charge on any atom is 0.418 e. The van der Waals surface area contributed by atoms with Crippen LogP contribution in [0.15, 0.2) is 48.5 Å². The summed E-state index contributed by atoms with van der Waals surface area (Å²) < 4.78 is 39.6. The van der Waals surface area contributed by atoms with E-state index in [-0.39, 0.29) is 30.2 Å². The number of benzene rings is 2. The second-order valence-corrected chi connectivity index (χ2v) is 7.78. The molecular formula is C22H22F3N3O2. The van der Waals surface area contributed by atoms with Crippen LogP contribution in [0.3, 0.4) is 0 Å². The van der Waals surface area contributed by atoms with E-state index in [9.17, 15) is 22.8 Å². The van der Waals surface area contributed by atoms with Gasteiger partial charge in [-0.05, 0) is 55.5 Å². The minimum atomic E-state index is -4.55. The third-order valence-corrected chi connectivity index (χ3v) is 5.20. The number of hydrogen-bond donors (Lipinski definition) is 2. The number of urea groups is 1. The second-order valence-electron chi connectivity index (χ2n) is 7.78. The third kappa shape index (κ3) is 4.93. The Hall–Kier alpha value is -3.03. The Morgan fingerprint density at radius 1 is 0.967 bits per heavy atom. The van der Waals surface area contributed by atoms with Gasteiger partial charge in [0.1, 0.15) is 0 Å². The van der Waals surface area contributed by atoms with Crippen LogP contribution in [0.4, 0.5) is 23.7 Å². The molecular weight excluding hydrogens is 395 g/mol. The van der Waals surface area contributed by atoms with Crippen molar-refractivity contribution >= 4 is 17.6 Å². The van der Waals surface area contributed by atoms with Crippen molar-refractivity contribution in [3.8, 4) is 0 Å². The highest BCUT2D eigenvalue weighted by atomic mass is 19.4. The topological polar surface area (TPSA) is 61.4 Å². The van der Waals surface area contributed by atoms with E-state index in [0.29, 0.717) is 5.56 Å². The molecule has 2 aromatic carbocycles. The van der Waals surface area contributed by atoms with E-state index in [1.807, 2.05) is 0 Å². The molecule has 2 aliphatic rings. The molecule has 0 saturated heterocycles. The number of nitrogens with zero attached hydrogens (tertiary/aromatic N) is 1. The van der Waals surface area contributed by atoms with Crippen molar-refractivity contribution in [3.63, 3.8) is 0 Å². The Bertz CT molecular complexity index is 935. The van der Waals surface area contributed by atoms with Crippen molar-refractivity contribution in [2.75, 3.05) is 5.32 Å². The molecule has 3 amide bonds. The molecule has 158 valence electrons. The molecule has 0 bridgehead atoms. The van der Waals surface area contributed by atoms with Crippen molar-refractivity contribution in [3.05, 3.63) is 65.2 Å². The number of rotatable bonds is 6. The van der Waals surface area contributed by atoms with Crippen molar-refractivity contribution in [1.82, 2.24) is 10.2 Å². The Kier molecular flexibility index (Phi) is 5.40. The SMILES string of the molecule is O=C(NC1CC1)c1ccc(CN(C(=O)Nc2ccccc2C(F)(F)F)C2CC2)cc1. The smallest absolute Gasteiger partial charge is 0.349 e. The molecule has 0 heterocycles. The maximum absolute atomic E-state index is 13.2. The van der Waals surface area contributed by atoms with Gasteiger partial charge in [0.05, 0.1) is 11.3 Å². The lowest BCUT2D eigenvalue weighted by molar-refractivity contribution is -0.136. The molecule has 0 aromatic heterocycles. The molecule has 2 aromatic rings. The predicted octanol–water partition coefficient (Wildman–Crippen LogP) is 4.79. The second kappa shape index (κ2) is 8.01. The van der Waals surface area contributed by atoms with Gasteiger partial charge in [0.25, 0.3) is 5.91 Å². The van der Waals surface area contributed by atoms with Crippen LogP contribution in [0.1, 0.15) is 47.2 Å². The van der Waals surface area contributed by atoms with Gasteiger partial charge in [0.2, 0.25) is 0 Å².